The second-order valence-corrected chi connectivity index (χ2v) is 31.3. The molecule has 0 saturated carbocycles. The number of aliphatic imine (C=N–C) groups is 1. The fraction of sp³-hybridized carbons (Fsp3) is 0.468. The van der Waals surface area contributed by atoms with Crippen molar-refractivity contribution in [2.24, 2.45) is 34.6 Å². The van der Waals surface area contributed by atoms with E-state index in [1.54, 1.807) is 78.1 Å². The lowest BCUT2D eigenvalue weighted by Crippen LogP contribution is -2.39. The number of nitrogen functional groups attached to an aromatic ring is 1. The van der Waals surface area contributed by atoms with Gasteiger partial charge < -0.3 is 58.0 Å². The molecule has 6 aliphatic rings. The summed E-state index contributed by atoms with van der Waals surface area (Å²) in [5, 5.41) is 11.4. The zero-order valence-electron chi connectivity index (χ0n) is 64.5. The van der Waals surface area contributed by atoms with Crippen LogP contribution in [0.5, 0.6) is 0 Å². The first kappa shape index (κ1) is 87.3. The standard InChI is InChI=1S/C21H19F2N5O3.C21H21F2N5O.C13H21N3O2.C10H12F3N3O.C10H18INO2.C4H5N/c22-15-1-2-16(17(23)9-15)18-3-4-20(28(30)31)19(25-18)10-21(29)27-7-5-14(12-27)11-26-8-6-24-13-26;22-15-1-2-16(17(23)9-15)19-4-3-18(24)20(26-19)10-21(29)28-7-5-14(12-28)11-27-8-6-25-13-27;1-13(2,3)18-12(17)16-6-4-11(9-16)8-15-7-5-14-10-15;11-10(12,13)9(17)16-3-1-8(6-16)5-15-4-2-14-7-15;1-10(2,3)14-9(13)12-5-4-8(6-11)7-12;1-2-4-5-3-1/h1-4,6,8-9,13-14H,5,7,10-12H2;1-4,6,8-9,13-14H,5,7,10-12,24H2;5,7,10-11H,4,6,8-9H2,1-3H3;2,4,7-8H,1,3,5-6H2;8H,4-7H2,1-3H3;1,3-4H,2H2. The summed E-state index contributed by atoms with van der Waals surface area (Å²) in [6.07, 6.45) is 27.1. The van der Waals surface area contributed by atoms with Crippen molar-refractivity contribution in [1.29, 1.82) is 0 Å². The van der Waals surface area contributed by atoms with Crippen LogP contribution in [0.25, 0.3) is 22.5 Å². The summed E-state index contributed by atoms with van der Waals surface area (Å²) >= 11 is 2.37. The molecule has 0 bridgehead atoms. The van der Waals surface area contributed by atoms with Crippen LogP contribution < -0.4 is 5.73 Å². The van der Waals surface area contributed by atoms with Gasteiger partial charge in [0.25, 0.3) is 5.69 Å². The number of allylic oxidation sites excluding steroid dienone is 1. The van der Waals surface area contributed by atoms with E-state index in [4.69, 9.17) is 15.2 Å². The average Bonchev–Trinajstić information content (AvgIpc) is 1.01. The van der Waals surface area contributed by atoms with E-state index < -0.39 is 45.9 Å². The minimum absolute atomic E-state index is 0.00608. The van der Waals surface area contributed by atoms with Crippen molar-refractivity contribution in [1.82, 2.24) is 72.7 Å². The maximum atomic E-state index is 14.1. The van der Waals surface area contributed by atoms with Crippen LogP contribution in [0, 0.1) is 63.0 Å². The van der Waals surface area contributed by atoms with Gasteiger partial charge in [-0.15, -0.1) is 0 Å². The predicted molar refractivity (Wildman–Crippen MR) is 420 cm³/mol. The molecule has 35 heteroatoms. The molecule has 2 aromatic carbocycles. The Labute approximate surface area is 670 Å². The number of aromatic nitrogens is 10. The zero-order valence-corrected chi connectivity index (χ0v) is 66.6. The number of pyridine rings is 2. The molecule has 14 rings (SSSR count). The molecular weight excluding hydrogens is 1600 g/mol. The van der Waals surface area contributed by atoms with Gasteiger partial charge in [0.1, 0.15) is 40.2 Å². The number of anilines is 1. The normalized spacial score (nSPS) is 18.3. The van der Waals surface area contributed by atoms with Gasteiger partial charge in [-0.05, 0) is 146 Å². The first-order chi connectivity index (χ1) is 54.2. The van der Waals surface area contributed by atoms with E-state index >= 15 is 0 Å². The summed E-state index contributed by atoms with van der Waals surface area (Å²) in [4.78, 5) is 107. The van der Waals surface area contributed by atoms with Gasteiger partial charge in [-0.3, -0.25) is 34.5 Å². The molecule has 12 heterocycles. The molecular formula is C79H96F7IN18O9. The summed E-state index contributed by atoms with van der Waals surface area (Å²) in [7, 11) is 0. The number of likely N-dealkylation sites (tertiary alicyclic amines) is 5. The van der Waals surface area contributed by atoms with E-state index in [0.717, 1.165) is 99.4 Å². The van der Waals surface area contributed by atoms with E-state index in [1.807, 2.05) is 102 Å². The predicted octanol–water partition coefficient (Wildman–Crippen LogP) is 13.2. The summed E-state index contributed by atoms with van der Waals surface area (Å²) in [6.45, 7) is 20.5. The maximum absolute atomic E-state index is 14.1. The van der Waals surface area contributed by atoms with Gasteiger partial charge in [0, 0.05) is 194 Å². The number of halogens is 8. The van der Waals surface area contributed by atoms with Crippen molar-refractivity contribution in [3.8, 4) is 22.5 Å². The van der Waals surface area contributed by atoms with Gasteiger partial charge in [-0.2, -0.15) is 13.2 Å². The molecule has 5 unspecified atom stereocenters. The Balaban J connectivity index is 0.000000165. The number of nitrogens with zero attached hydrogens (tertiary/aromatic N) is 17. The van der Waals surface area contributed by atoms with Crippen LogP contribution in [-0.4, -0.2) is 201 Å². The highest BCUT2D eigenvalue weighted by molar-refractivity contribution is 14.1. The number of nitro groups is 1. The van der Waals surface area contributed by atoms with Crippen LogP contribution in [0.2, 0.25) is 0 Å². The van der Waals surface area contributed by atoms with Gasteiger partial charge in [0.05, 0.1) is 65.8 Å². The topological polar surface area (TPSA) is 299 Å². The van der Waals surface area contributed by atoms with Gasteiger partial charge in [-0.1, -0.05) is 28.7 Å². The van der Waals surface area contributed by atoms with Crippen LogP contribution in [0.3, 0.4) is 0 Å². The first-order valence-electron chi connectivity index (χ1n) is 37.5. The third-order valence-electron chi connectivity index (χ3n) is 19.0. The van der Waals surface area contributed by atoms with Crippen molar-refractivity contribution < 1.29 is 69.1 Å². The van der Waals surface area contributed by atoms with Crippen LogP contribution >= 0.6 is 22.6 Å². The van der Waals surface area contributed by atoms with Crippen molar-refractivity contribution in [2.75, 3.05) is 75.6 Å². The first-order valence-corrected chi connectivity index (χ1v) is 39.0. The Kier molecular flexibility index (Phi) is 31.3. The van der Waals surface area contributed by atoms with Crippen LogP contribution in [0.1, 0.15) is 91.5 Å². The number of amides is 5. The lowest BCUT2D eigenvalue weighted by atomic mass is 10.1. The number of benzene rings is 2. The molecule has 6 aliphatic heterocycles. The Hall–Kier alpha value is -10.6. The molecule has 114 heavy (non-hydrogen) atoms. The summed E-state index contributed by atoms with van der Waals surface area (Å²) in [5.41, 5.74) is 6.21. The molecule has 0 spiro atoms. The quantitative estimate of drug-likeness (QED) is 0.0309. The molecule has 612 valence electrons. The van der Waals surface area contributed by atoms with Crippen molar-refractivity contribution >= 4 is 70.1 Å². The van der Waals surface area contributed by atoms with Crippen molar-refractivity contribution in [3.63, 3.8) is 0 Å². The fourth-order valence-electron chi connectivity index (χ4n) is 13.4. The third-order valence-corrected chi connectivity index (χ3v) is 20.3. The molecule has 5 atom stereocenters. The fourth-order valence-corrected chi connectivity index (χ4v) is 14.1. The van der Waals surface area contributed by atoms with Crippen LogP contribution in [0.4, 0.5) is 51.7 Å². The number of imidazole rings is 4. The lowest BCUT2D eigenvalue weighted by molar-refractivity contribution is -0.385. The van der Waals surface area contributed by atoms with E-state index in [-0.39, 0.29) is 95.6 Å². The van der Waals surface area contributed by atoms with Crippen LogP contribution in [0.15, 0.2) is 153 Å². The molecule has 27 nitrogen and oxygen atoms in total. The summed E-state index contributed by atoms with van der Waals surface area (Å²) < 4.78 is 111. The Morgan fingerprint density at radius 2 is 0.904 bits per heavy atom. The molecule has 0 aliphatic carbocycles. The van der Waals surface area contributed by atoms with Gasteiger partial charge in [0.2, 0.25) is 11.8 Å². The number of nitrogens with two attached hydrogens (primary N) is 1. The SMILES string of the molecule is C1=CN=CC1.CC(C)(C)OC(=O)N1CCC(CI)C1.CC(C)(C)OC(=O)N1CCC(Cn2ccnc2)C1.Nc1ccc(-c2ccc(F)cc2F)nc1CC(=O)N1CCC(Cn2ccnc2)C1.O=C(Cc1nc(-c2ccc(F)cc2F)ccc1[N+](=O)[O-])N1CCC(Cn2ccnc2)C1.O=C(N1CCC(Cn2ccnc2)C1)C(F)(F)F. The van der Waals surface area contributed by atoms with E-state index in [0.29, 0.717) is 80.0 Å². The molecule has 8 aromatic rings. The highest BCUT2D eigenvalue weighted by atomic mass is 127. The Bertz CT molecular complexity index is 4510. The van der Waals surface area contributed by atoms with Gasteiger partial charge in [0.15, 0.2) is 0 Å². The highest BCUT2D eigenvalue weighted by Gasteiger charge is 2.45. The molecule has 2 N–H and O–H groups in total. The minimum Gasteiger partial charge on any atom is -0.444 e. The number of ether oxygens (including phenoxy) is 2. The third kappa shape index (κ3) is 27.3. The van der Waals surface area contributed by atoms with E-state index in [2.05, 4.69) is 62.1 Å². The number of hydrogen-bond donors (Lipinski definition) is 1. The number of rotatable bonds is 16. The zero-order chi connectivity index (χ0) is 82.3. The molecule has 5 saturated heterocycles. The smallest absolute Gasteiger partial charge is 0.444 e. The average molecular weight is 1700 g/mol. The second-order valence-electron chi connectivity index (χ2n) is 30.5. The van der Waals surface area contributed by atoms with Crippen molar-refractivity contribution in [2.45, 2.75) is 136 Å². The van der Waals surface area contributed by atoms with Crippen LogP contribution in [-0.2, 0) is 62.9 Å². The lowest BCUT2D eigenvalue weighted by Gasteiger charge is -2.24. The molecule has 5 fully saturated rings. The molecule has 0 radical (unpaired) electrons. The molecule has 6 aromatic heterocycles. The van der Waals surface area contributed by atoms with E-state index in [9.17, 15) is 64.8 Å². The minimum atomic E-state index is -4.76. The number of carbonyl (C=O) groups is 5. The monoisotopic (exact) mass is 1700 g/mol. The summed E-state index contributed by atoms with van der Waals surface area (Å²) in [5.74, 6) is -3.15. The summed E-state index contributed by atoms with van der Waals surface area (Å²) in [6, 6.07) is 12.0. The maximum Gasteiger partial charge on any atom is 0.471 e. The Morgan fingerprint density at radius 1 is 0.526 bits per heavy atom. The largest absolute Gasteiger partial charge is 0.471 e. The van der Waals surface area contributed by atoms with Crippen molar-refractivity contribution in [3.05, 3.63) is 193 Å². The molecule has 5 amide bonds. The van der Waals surface area contributed by atoms with Gasteiger partial charge in [-0.25, -0.2) is 52.1 Å². The highest BCUT2D eigenvalue weighted by Crippen LogP contribution is 2.31. The van der Waals surface area contributed by atoms with E-state index in [1.165, 1.54) is 30.3 Å². The van der Waals surface area contributed by atoms with Gasteiger partial charge >= 0.3 is 24.3 Å². The number of carbonyl (C=O) groups excluding carboxylic acids is 5. The number of hydrogen-bond acceptors (Lipinski definition) is 17. The Morgan fingerprint density at radius 3 is 1.25 bits per heavy atom. The number of alkyl halides is 4. The second kappa shape index (κ2) is 40.9.